The molecule has 29 heavy (non-hydrogen) atoms. The molecule has 2 heterocycles. The van der Waals surface area contributed by atoms with Crippen molar-refractivity contribution < 1.29 is 60.6 Å². The first-order chi connectivity index (χ1) is 13.1. The highest BCUT2D eigenvalue weighted by atomic mass is 31.3. The maximum atomic E-state index is 14.3. The molecule has 1 aliphatic heterocycles. The maximum Gasteiger partial charge on any atom is 0.490 e. The van der Waals surface area contributed by atoms with Gasteiger partial charge < -0.3 is 35.2 Å². The number of nitrogens with zero attached hydrogens (tertiary/aromatic N) is 2. The van der Waals surface area contributed by atoms with E-state index in [0.717, 1.165) is 12.3 Å². The number of hydrogen-bond acceptors (Lipinski definition) is 11. The van der Waals surface area contributed by atoms with Crippen molar-refractivity contribution in [2.24, 2.45) is 0 Å². The van der Waals surface area contributed by atoms with Crippen LogP contribution in [0.25, 0.3) is 0 Å². The summed E-state index contributed by atoms with van der Waals surface area (Å²) in [4.78, 5) is 50.3. The Morgan fingerprint density at radius 3 is 2.38 bits per heavy atom. The second-order valence-electron chi connectivity index (χ2n) is 5.43. The molecular formula is C9H15FN3O13P3. The van der Waals surface area contributed by atoms with Gasteiger partial charge in [-0.25, -0.2) is 22.9 Å². The van der Waals surface area contributed by atoms with Crippen molar-refractivity contribution in [1.29, 1.82) is 0 Å². The number of hydrogen-bond donors (Lipinski definition) is 6. The minimum Gasteiger partial charge on any atom is -0.387 e. The third kappa shape index (κ3) is 6.72. The first-order valence-electron chi connectivity index (χ1n) is 7.21. The summed E-state index contributed by atoms with van der Waals surface area (Å²) in [5.74, 6) is -0.163. The Balaban J connectivity index is 2.05. The fraction of sp³-hybridized carbons (Fsp3) is 0.556. The van der Waals surface area contributed by atoms with Crippen LogP contribution in [0.5, 0.6) is 0 Å². The van der Waals surface area contributed by atoms with Gasteiger partial charge in [0.1, 0.15) is 18.0 Å². The fourth-order valence-corrected chi connectivity index (χ4v) is 5.19. The van der Waals surface area contributed by atoms with Gasteiger partial charge in [0.25, 0.3) is 0 Å². The Labute approximate surface area is 160 Å². The molecule has 1 saturated heterocycles. The largest absolute Gasteiger partial charge is 0.490 e. The molecule has 1 fully saturated rings. The van der Waals surface area contributed by atoms with Crippen LogP contribution < -0.4 is 11.4 Å². The van der Waals surface area contributed by atoms with Crippen molar-refractivity contribution >= 4 is 29.3 Å². The van der Waals surface area contributed by atoms with Crippen molar-refractivity contribution in [3.63, 3.8) is 0 Å². The molecule has 6 atom stereocenters. The van der Waals surface area contributed by atoms with Gasteiger partial charge in [-0.05, 0) is 6.07 Å². The number of rotatable bonds is 8. The van der Waals surface area contributed by atoms with E-state index in [-0.39, 0.29) is 5.82 Å². The Morgan fingerprint density at radius 1 is 1.21 bits per heavy atom. The van der Waals surface area contributed by atoms with Gasteiger partial charge in [0.05, 0.1) is 6.61 Å². The monoisotopic (exact) mass is 485 g/mol. The van der Waals surface area contributed by atoms with Gasteiger partial charge in [0.2, 0.25) is 0 Å². The molecule has 2 unspecified atom stereocenters. The molecule has 2 rings (SSSR count). The van der Waals surface area contributed by atoms with Crippen molar-refractivity contribution in [3.8, 4) is 0 Å². The number of phosphoric ester groups is 1. The lowest BCUT2D eigenvalue weighted by molar-refractivity contribution is -0.0481. The quantitative estimate of drug-likeness (QED) is 0.236. The highest BCUT2D eigenvalue weighted by molar-refractivity contribution is 7.66. The van der Waals surface area contributed by atoms with Gasteiger partial charge in [-0.15, -0.1) is 0 Å². The molecule has 1 aliphatic rings. The SMILES string of the molecule is Nc1ccn([C@H]2O[C@@H](COP(=O)(O)OP(=O)(O)OP(=O)(O)O)[C@H](O)[C@@H]2F)c(=O)n1. The van der Waals surface area contributed by atoms with Gasteiger partial charge in [0, 0.05) is 6.20 Å². The Bertz CT molecular complexity index is 951. The Kier molecular flexibility index (Phi) is 7.17. The molecule has 1 aromatic heterocycles. The van der Waals surface area contributed by atoms with E-state index in [4.69, 9.17) is 25.2 Å². The summed E-state index contributed by atoms with van der Waals surface area (Å²) < 4.78 is 64.6. The minimum atomic E-state index is -5.74. The van der Waals surface area contributed by atoms with Crippen LogP contribution in [0.3, 0.4) is 0 Å². The predicted molar refractivity (Wildman–Crippen MR) is 87.5 cm³/mol. The molecule has 0 aromatic carbocycles. The molecule has 0 radical (unpaired) electrons. The number of aliphatic hydroxyl groups is 1. The number of halogens is 1. The molecule has 0 aliphatic carbocycles. The van der Waals surface area contributed by atoms with Crippen LogP contribution in [0.1, 0.15) is 6.23 Å². The van der Waals surface area contributed by atoms with E-state index < -0.39 is 60.4 Å². The molecule has 0 amide bonds. The smallest absolute Gasteiger partial charge is 0.387 e. The van der Waals surface area contributed by atoms with Crippen LogP contribution in [0.15, 0.2) is 17.1 Å². The van der Waals surface area contributed by atoms with E-state index in [1.54, 1.807) is 0 Å². The zero-order chi connectivity index (χ0) is 22.2. The van der Waals surface area contributed by atoms with Gasteiger partial charge in [-0.1, -0.05) is 0 Å². The number of alkyl halides is 1. The Morgan fingerprint density at radius 2 is 1.83 bits per heavy atom. The topological polar surface area (TPSA) is 250 Å². The standard InChI is InChI=1S/C9H15FN3O13P3/c10-6-7(14)4(24-8(6)13-2-1-5(11)12-9(13)15)3-23-28(19,20)26-29(21,22)25-27(16,17)18/h1-2,4,6-8,14H,3H2,(H,19,20)(H,21,22)(H2,11,12,15)(H2,16,17,18)/t4-,6-,7-,8-/m0/s1. The van der Waals surface area contributed by atoms with Crippen LogP contribution in [0.4, 0.5) is 10.2 Å². The van der Waals surface area contributed by atoms with Gasteiger partial charge in [0.15, 0.2) is 12.4 Å². The molecule has 0 bridgehead atoms. The number of aromatic nitrogens is 2. The lowest BCUT2D eigenvalue weighted by atomic mass is 10.1. The van der Waals surface area contributed by atoms with E-state index in [2.05, 4.69) is 18.1 Å². The summed E-state index contributed by atoms with van der Waals surface area (Å²) in [6.45, 7) is -1.10. The average molecular weight is 485 g/mol. The molecule has 0 spiro atoms. The van der Waals surface area contributed by atoms with Crippen LogP contribution in [-0.4, -0.2) is 59.2 Å². The second kappa shape index (κ2) is 8.59. The normalized spacial score (nSPS) is 29.3. The second-order valence-corrected chi connectivity index (χ2v) is 9.85. The number of aliphatic hydroxyl groups excluding tert-OH is 1. The van der Waals surface area contributed by atoms with Crippen molar-refractivity contribution in [1.82, 2.24) is 9.55 Å². The summed E-state index contributed by atoms with van der Waals surface area (Å²) >= 11 is 0. The lowest BCUT2D eigenvalue weighted by Crippen LogP contribution is -2.33. The van der Waals surface area contributed by atoms with Crippen LogP contribution in [-0.2, 0) is 31.6 Å². The number of phosphoric acid groups is 3. The number of anilines is 1. The van der Waals surface area contributed by atoms with Gasteiger partial charge in [-0.3, -0.25) is 9.09 Å². The van der Waals surface area contributed by atoms with E-state index in [0.29, 0.717) is 4.57 Å². The van der Waals surface area contributed by atoms with Crippen LogP contribution >= 0.6 is 23.5 Å². The zero-order valence-corrected chi connectivity index (χ0v) is 16.5. The summed E-state index contributed by atoms with van der Waals surface area (Å²) in [5, 5.41) is 9.83. The van der Waals surface area contributed by atoms with E-state index in [1.807, 2.05) is 0 Å². The van der Waals surface area contributed by atoms with Crippen LogP contribution in [0.2, 0.25) is 0 Å². The lowest BCUT2D eigenvalue weighted by Gasteiger charge is -2.19. The Hall–Kier alpha value is -1.06. The van der Waals surface area contributed by atoms with Crippen LogP contribution in [0, 0.1) is 0 Å². The van der Waals surface area contributed by atoms with Crippen molar-refractivity contribution in [2.75, 3.05) is 12.3 Å². The summed E-state index contributed by atoms with van der Waals surface area (Å²) in [6.07, 6.45) is -6.53. The summed E-state index contributed by atoms with van der Waals surface area (Å²) in [5.41, 5.74) is 4.28. The molecule has 0 saturated carbocycles. The van der Waals surface area contributed by atoms with E-state index in [9.17, 15) is 32.9 Å². The maximum absolute atomic E-state index is 14.3. The van der Waals surface area contributed by atoms with Crippen molar-refractivity contribution in [3.05, 3.63) is 22.7 Å². The summed E-state index contributed by atoms with van der Waals surface area (Å²) in [7, 11) is -16.8. The number of ether oxygens (including phenoxy) is 1. The first kappa shape index (κ1) is 24.2. The number of nitrogens with two attached hydrogens (primary N) is 1. The number of nitrogen functional groups attached to an aromatic ring is 1. The molecule has 20 heteroatoms. The molecular weight excluding hydrogens is 470 g/mol. The minimum absolute atomic E-state index is 0.163. The third-order valence-electron chi connectivity index (χ3n) is 3.24. The highest BCUT2D eigenvalue weighted by Gasteiger charge is 2.47. The van der Waals surface area contributed by atoms with E-state index >= 15 is 0 Å². The van der Waals surface area contributed by atoms with Gasteiger partial charge in [-0.2, -0.15) is 13.6 Å². The molecule has 7 N–H and O–H groups in total. The van der Waals surface area contributed by atoms with E-state index in [1.165, 1.54) is 0 Å². The highest BCUT2D eigenvalue weighted by Crippen LogP contribution is 2.66. The predicted octanol–water partition coefficient (Wildman–Crippen LogP) is -1.23. The molecule has 1 aromatic rings. The zero-order valence-electron chi connectivity index (χ0n) is 13.9. The fourth-order valence-electron chi connectivity index (χ4n) is 2.16. The molecule has 166 valence electrons. The first-order valence-corrected chi connectivity index (χ1v) is 11.7. The molecule has 16 nitrogen and oxygen atoms in total. The third-order valence-corrected chi connectivity index (χ3v) is 7.04. The average Bonchev–Trinajstić information content (AvgIpc) is 2.78. The summed E-state index contributed by atoms with van der Waals surface area (Å²) in [6, 6.07) is 1.14. The van der Waals surface area contributed by atoms with Crippen molar-refractivity contribution in [2.45, 2.75) is 24.6 Å². The van der Waals surface area contributed by atoms with Gasteiger partial charge >= 0.3 is 29.2 Å².